The summed E-state index contributed by atoms with van der Waals surface area (Å²) in [6.45, 7) is 3.87. The SMILES string of the molecule is CCC(C)(O)CNC(=O)Cc1csc(-c2cccs2)n1. The number of thiazole rings is 1. The molecule has 0 aliphatic rings. The standard InChI is InChI=1S/C14H18N2O2S2/c1-3-14(2,18)9-15-12(17)7-10-8-20-13(16-10)11-5-4-6-19-11/h4-6,8,18H,3,7,9H2,1-2H3,(H,15,17). The molecule has 0 bridgehead atoms. The van der Waals surface area contributed by atoms with E-state index in [0.29, 0.717) is 6.42 Å². The molecule has 2 heterocycles. The summed E-state index contributed by atoms with van der Waals surface area (Å²) in [7, 11) is 0. The molecule has 0 aromatic carbocycles. The Bertz CT molecular complexity index is 562. The Morgan fingerprint density at radius 1 is 1.50 bits per heavy atom. The van der Waals surface area contributed by atoms with Crippen molar-refractivity contribution in [1.82, 2.24) is 10.3 Å². The fourth-order valence-electron chi connectivity index (χ4n) is 1.54. The first-order valence-electron chi connectivity index (χ1n) is 6.47. The fourth-order valence-corrected chi connectivity index (χ4v) is 3.18. The molecule has 20 heavy (non-hydrogen) atoms. The zero-order valence-electron chi connectivity index (χ0n) is 11.5. The van der Waals surface area contributed by atoms with E-state index in [1.54, 1.807) is 29.6 Å². The average molecular weight is 310 g/mol. The van der Waals surface area contributed by atoms with Crippen LogP contribution in [0.2, 0.25) is 0 Å². The van der Waals surface area contributed by atoms with Gasteiger partial charge in [-0.05, 0) is 24.8 Å². The summed E-state index contributed by atoms with van der Waals surface area (Å²) in [5.74, 6) is -0.109. The number of aliphatic hydroxyl groups is 1. The van der Waals surface area contributed by atoms with Crippen LogP contribution in [0.3, 0.4) is 0 Å². The first kappa shape index (κ1) is 15.2. The minimum atomic E-state index is -0.847. The second-order valence-corrected chi connectivity index (χ2v) is 6.73. The maximum atomic E-state index is 11.8. The van der Waals surface area contributed by atoms with Gasteiger partial charge in [-0.1, -0.05) is 13.0 Å². The van der Waals surface area contributed by atoms with E-state index in [-0.39, 0.29) is 18.9 Å². The molecule has 2 aromatic heterocycles. The van der Waals surface area contributed by atoms with Crippen LogP contribution in [-0.2, 0) is 11.2 Å². The van der Waals surface area contributed by atoms with E-state index in [1.165, 1.54) is 0 Å². The van der Waals surface area contributed by atoms with Crippen LogP contribution in [0.15, 0.2) is 22.9 Å². The molecule has 0 spiro atoms. The predicted octanol–water partition coefficient (Wildman–Crippen LogP) is 2.69. The molecule has 0 aliphatic carbocycles. The monoisotopic (exact) mass is 310 g/mol. The minimum Gasteiger partial charge on any atom is -0.388 e. The van der Waals surface area contributed by atoms with Crippen molar-refractivity contribution in [1.29, 1.82) is 0 Å². The molecule has 0 saturated heterocycles. The van der Waals surface area contributed by atoms with Gasteiger partial charge in [0, 0.05) is 11.9 Å². The first-order valence-corrected chi connectivity index (χ1v) is 8.23. The maximum absolute atomic E-state index is 11.8. The van der Waals surface area contributed by atoms with Crippen LogP contribution in [0.5, 0.6) is 0 Å². The van der Waals surface area contributed by atoms with Crippen molar-refractivity contribution in [2.24, 2.45) is 0 Å². The Morgan fingerprint density at radius 3 is 2.95 bits per heavy atom. The highest BCUT2D eigenvalue weighted by molar-refractivity contribution is 7.20. The molecule has 108 valence electrons. The predicted molar refractivity (Wildman–Crippen MR) is 83.1 cm³/mol. The molecule has 0 radical (unpaired) electrons. The van der Waals surface area contributed by atoms with Gasteiger partial charge in [-0.2, -0.15) is 0 Å². The Balaban J connectivity index is 1.89. The third kappa shape index (κ3) is 4.13. The summed E-state index contributed by atoms with van der Waals surface area (Å²) in [5, 5.41) is 17.5. The lowest BCUT2D eigenvalue weighted by atomic mass is 10.0. The van der Waals surface area contributed by atoms with Crippen molar-refractivity contribution in [3.8, 4) is 9.88 Å². The van der Waals surface area contributed by atoms with Gasteiger partial charge >= 0.3 is 0 Å². The molecule has 0 aliphatic heterocycles. The van der Waals surface area contributed by atoms with Crippen molar-refractivity contribution in [3.05, 3.63) is 28.6 Å². The number of nitrogens with one attached hydrogen (secondary N) is 1. The molecule has 1 amide bonds. The van der Waals surface area contributed by atoms with Crippen molar-refractivity contribution < 1.29 is 9.90 Å². The molecule has 2 N–H and O–H groups in total. The third-order valence-electron chi connectivity index (χ3n) is 3.05. The molecule has 0 fully saturated rings. The highest BCUT2D eigenvalue weighted by Crippen LogP contribution is 2.27. The van der Waals surface area contributed by atoms with Crippen molar-refractivity contribution in [2.45, 2.75) is 32.3 Å². The number of aromatic nitrogens is 1. The molecular formula is C14H18N2O2S2. The summed E-state index contributed by atoms with van der Waals surface area (Å²) < 4.78 is 0. The second-order valence-electron chi connectivity index (χ2n) is 4.93. The Kier molecular flexibility index (Phi) is 4.91. The number of carbonyl (C=O) groups excluding carboxylic acids is 1. The van der Waals surface area contributed by atoms with Gasteiger partial charge in [-0.25, -0.2) is 4.98 Å². The Hall–Kier alpha value is -1.24. The van der Waals surface area contributed by atoms with E-state index in [0.717, 1.165) is 15.6 Å². The number of carbonyl (C=O) groups is 1. The lowest BCUT2D eigenvalue weighted by Gasteiger charge is -2.21. The maximum Gasteiger partial charge on any atom is 0.226 e. The first-order chi connectivity index (χ1) is 9.50. The van der Waals surface area contributed by atoms with E-state index in [2.05, 4.69) is 10.3 Å². The van der Waals surface area contributed by atoms with E-state index in [1.807, 2.05) is 29.8 Å². The number of amides is 1. The van der Waals surface area contributed by atoms with Crippen molar-refractivity contribution >= 4 is 28.6 Å². The number of nitrogens with zero attached hydrogens (tertiary/aromatic N) is 1. The van der Waals surface area contributed by atoms with E-state index in [9.17, 15) is 9.90 Å². The topological polar surface area (TPSA) is 62.2 Å². The zero-order chi connectivity index (χ0) is 14.6. The van der Waals surface area contributed by atoms with Gasteiger partial charge < -0.3 is 10.4 Å². The molecule has 2 aromatic rings. The molecule has 1 atom stereocenters. The smallest absolute Gasteiger partial charge is 0.226 e. The lowest BCUT2D eigenvalue weighted by Crippen LogP contribution is -2.40. The van der Waals surface area contributed by atoms with Crippen LogP contribution >= 0.6 is 22.7 Å². The van der Waals surface area contributed by atoms with Crippen LogP contribution in [0, 0.1) is 0 Å². The lowest BCUT2D eigenvalue weighted by molar-refractivity contribution is -0.121. The summed E-state index contributed by atoms with van der Waals surface area (Å²) in [6.07, 6.45) is 0.855. The van der Waals surface area contributed by atoms with Crippen molar-refractivity contribution in [2.75, 3.05) is 6.54 Å². The van der Waals surface area contributed by atoms with E-state index >= 15 is 0 Å². The van der Waals surface area contributed by atoms with E-state index < -0.39 is 5.60 Å². The number of rotatable bonds is 6. The molecule has 6 heteroatoms. The molecule has 4 nitrogen and oxygen atoms in total. The number of hydrogen-bond acceptors (Lipinski definition) is 5. The number of thiophene rings is 1. The average Bonchev–Trinajstić information content (AvgIpc) is 3.07. The normalized spacial score (nSPS) is 13.9. The largest absolute Gasteiger partial charge is 0.388 e. The van der Waals surface area contributed by atoms with Gasteiger partial charge in [-0.15, -0.1) is 22.7 Å². The summed E-state index contributed by atoms with van der Waals surface area (Å²) in [4.78, 5) is 17.4. The fraction of sp³-hybridized carbons (Fsp3) is 0.429. The molecule has 1 unspecified atom stereocenters. The Labute approximate surface area is 126 Å². The van der Waals surface area contributed by atoms with Gasteiger partial charge in [0.05, 0.1) is 22.6 Å². The summed E-state index contributed by atoms with van der Waals surface area (Å²) in [5.41, 5.74) is -0.0769. The summed E-state index contributed by atoms with van der Waals surface area (Å²) >= 11 is 3.19. The molecule has 2 rings (SSSR count). The second kappa shape index (κ2) is 6.47. The van der Waals surface area contributed by atoms with Crippen molar-refractivity contribution in [3.63, 3.8) is 0 Å². The van der Waals surface area contributed by atoms with Crippen LogP contribution in [-0.4, -0.2) is 28.1 Å². The third-order valence-corrected chi connectivity index (χ3v) is 4.98. The summed E-state index contributed by atoms with van der Waals surface area (Å²) in [6, 6.07) is 4.01. The van der Waals surface area contributed by atoms with Gasteiger partial charge in [-0.3, -0.25) is 4.79 Å². The molecule has 0 saturated carbocycles. The zero-order valence-corrected chi connectivity index (χ0v) is 13.2. The van der Waals surface area contributed by atoms with Gasteiger partial charge in [0.15, 0.2) is 0 Å². The Morgan fingerprint density at radius 2 is 2.30 bits per heavy atom. The minimum absolute atomic E-state index is 0.109. The number of hydrogen-bond donors (Lipinski definition) is 2. The quantitative estimate of drug-likeness (QED) is 0.862. The highest BCUT2D eigenvalue weighted by atomic mass is 32.1. The van der Waals surface area contributed by atoms with Gasteiger partial charge in [0.25, 0.3) is 0 Å². The van der Waals surface area contributed by atoms with Crippen LogP contribution in [0.4, 0.5) is 0 Å². The van der Waals surface area contributed by atoms with Crippen LogP contribution < -0.4 is 5.32 Å². The molecular weight excluding hydrogens is 292 g/mol. The van der Waals surface area contributed by atoms with Gasteiger partial charge in [0.1, 0.15) is 5.01 Å². The van der Waals surface area contributed by atoms with Crippen LogP contribution in [0.25, 0.3) is 9.88 Å². The van der Waals surface area contributed by atoms with Gasteiger partial charge in [0.2, 0.25) is 5.91 Å². The van der Waals surface area contributed by atoms with E-state index in [4.69, 9.17) is 0 Å². The highest BCUT2D eigenvalue weighted by Gasteiger charge is 2.18. The van der Waals surface area contributed by atoms with Crippen LogP contribution in [0.1, 0.15) is 26.0 Å².